The zero-order chi connectivity index (χ0) is 15.7. The Hall–Kier alpha value is -1.60. The first kappa shape index (κ1) is 15.3. The molecule has 0 saturated heterocycles. The summed E-state index contributed by atoms with van der Waals surface area (Å²) < 4.78 is 28.8. The summed E-state index contributed by atoms with van der Waals surface area (Å²) in [5, 5.41) is 2.77. The van der Waals surface area contributed by atoms with Crippen LogP contribution >= 0.6 is 11.3 Å². The van der Waals surface area contributed by atoms with Gasteiger partial charge < -0.3 is 9.73 Å². The Morgan fingerprint density at radius 2 is 2.09 bits per heavy atom. The largest absolute Gasteiger partial charge is 0.456 e. The molecule has 1 N–H and O–H groups in total. The van der Waals surface area contributed by atoms with Crippen molar-refractivity contribution in [3.8, 4) is 0 Å². The van der Waals surface area contributed by atoms with Crippen molar-refractivity contribution < 1.29 is 17.6 Å². The quantitative estimate of drug-likeness (QED) is 0.929. The molecule has 118 valence electrons. The van der Waals surface area contributed by atoms with Crippen LogP contribution in [-0.4, -0.2) is 20.6 Å². The summed E-state index contributed by atoms with van der Waals surface area (Å²) in [6.07, 6.45) is 5.27. The molecule has 0 saturated carbocycles. The van der Waals surface area contributed by atoms with E-state index in [0.717, 1.165) is 41.9 Å². The van der Waals surface area contributed by atoms with E-state index in [1.807, 2.05) is 6.07 Å². The topological polar surface area (TPSA) is 76.4 Å². The fourth-order valence-electron chi connectivity index (χ4n) is 2.51. The molecule has 0 fully saturated rings. The number of aryl methyl sites for hydroxylation is 2. The van der Waals surface area contributed by atoms with E-state index in [4.69, 9.17) is 4.42 Å². The first-order chi connectivity index (χ1) is 10.4. The van der Waals surface area contributed by atoms with Gasteiger partial charge in [-0.15, -0.1) is 11.3 Å². The molecule has 7 heteroatoms. The lowest BCUT2D eigenvalue weighted by molar-refractivity contribution is 0.0921. The van der Waals surface area contributed by atoms with Gasteiger partial charge in [0, 0.05) is 17.6 Å². The molecule has 2 aromatic rings. The van der Waals surface area contributed by atoms with Crippen molar-refractivity contribution >= 4 is 27.1 Å². The minimum atomic E-state index is -3.19. The van der Waals surface area contributed by atoms with Crippen molar-refractivity contribution in [3.05, 3.63) is 40.2 Å². The number of fused-ring (bicyclic) bond motifs is 1. The first-order valence-corrected chi connectivity index (χ1v) is 9.83. The third-order valence-corrected chi connectivity index (χ3v) is 6.55. The Bertz CT molecular complexity index is 778. The van der Waals surface area contributed by atoms with Crippen LogP contribution in [0.2, 0.25) is 0 Å². The highest BCUT2D eigenvalue weighted by atomic mass is 32.2. The van der Waals surface area contributed by atoms with Gasteiger partial charge in [-0.05, 0) is 43.0 Å². The smallest absolute Gasteiger partial charge is 0.287 e. The van der Waals surface area contributed by atoms with Crippen molar-refractivity contribution in [3.63, 3.8) is 0 Å². The highest BCUT2D eigenvalue weighted by molar-refractivity contribution is 7.92. The number of carbonyl (C=O) groups excluding carboxylic acids is 1. The second-order valence-corrected chi connectivity index (χ2v) is 8.85. The van der Waals surface area contributed by atoms with Crippen LogP contribution in [0.3, 0.4) is 0 Å². The van der Waals surface area contributed by atoms with E-state index in [0.29, 0.717) is 16.5 Å². The van der Waals surface area contributed by atoms with E-state index in [2.05, 4.69) is 5.32 Å². The number of rotatable bonds is 4. The summed E-state index contributed by atoms with van der Waals surface area (Å²) in [6.45, 7) is 0.296. The highest BCUT2D eigenvalue weighted by Gasteiger charge is 2.19. The minimum Gasteiger partial charge on any atom is -0.456 e. The molecular formula is C15H17NO4S2. The van der Waals surface area contributed by atoms with Crippen LogP contribution in [0.4, 0.5) is 0 Å². The number of sulfone groups is 1. The second-order valence-electron chi connectivity index (χ2n) is 5.44. The predicted octanol–water partition coefficient (Wildman–Crippen LogP) is 2.55. The maximum absolute atomic E-state index is 12.1. The van der Waals surface area contributed by atoms with Gasteiger partial charge in [0.1, 0.15) is 9.97 Å². The van der Waals surface area contributed by atoms with Crippen LogP contribution in [0.5, 0.6) is 0 Å². The molecule has 1 amide bonds. The van der Waals surface area contributed by atoms with Crippen molar-refractivity contribution in [1.82, 2.24) is 5.32 Å². The summed E-state index contributed by atoms with van der Waals surface area (Å²) in [5.74, 6) is 1.00. The third kappa shape index (κ3) is 3.25. The molecule has 0 bridgehead atoms. The zero-order valence-electron chi connectivity index (χ0n) is 12.2. The number of hydrogen-bond donors (Lipinski definition) is 1. The van der Waals surface area contributed by atoms with Gasteiger partial charge in [-0.1, -0.05) is 0 Å². The van der Waals surface area contributed by atoms with Crippen LogP contribution in [0.1, 0.15) is 39.6 Å². The monoisotopic (exact) mass is 339 g/mol. The third-order valence-electron chi connectivity index (χ3n) is 3.65. The average molecular weight is 339 g/mol. The minimum absolute atomic E-state index is 0.260. The summed E-state index contributed by atoms with van der Waals surface area (Å²) in [6, 6.07) is 5.10. The van der Waals surface area contributed by atoms with Gasteiger partial charge in [0.2, 0.25) is 0 Å². The standard InChI is InChI=1S/C15H17NO4S2/c1-22(18,19)14-7-6-11(21-14)9-16-15(17)13-8-10-4-2-3-5-12(10)20-13/h6-8H,2-5,9H2,1H3,(H,16,17). The van der Waals surface area contributed by atoms with Gasteiger partial charge in [-0.25, -0.2) is 8.42 Å². The highest BCUT2D eigenvalue weighted by Crippen LogP contribution is 2.25. The maximum Gasteiger partial charge on any atom is 0.287 e. The molecular weight excluding hydrogens is 322 g/mol. The summed E-state index contributed by atoms with van der Waals surface area (Å²) in [4.78, 5) is 12.9. The number of carbonyl (C=O) groups is 1. The SMILES string of the molecule is CS(=O)(=O)c1ccc(CNC(=O)c2cc3c(o2)CCCC3)s1. The van der Waals surface area contributed by atoms with Gasteiger partial charge in [-0.2, -0.15) is 0 Å². The Morgan fingerprint density at radius 3 is 2.77 bits per heavy atom. The van der Waals surface area contributed by atoms with E-state index >= 15 is 0 Å². The summed E-state index contributed by atoms with van der Waals surface area (Å²) >= 11 is 1.17. The van der Waals surface area contributed by atoms with E-state index in [1.165, 1.54) is 17.6 Å². The summed E-state index contributed by atoms with van der Waals surface area (Å²) in [5.41, 5.74) is 1.13. The molecule has 1 aliphatic carbocycles. The molecule has 0 radical (unpaired) electrons. The lowest BCUT2D eigenvalue weighted by Gasteiger charge is -2.07. The lowest BCUT2D eigenvalue weighted by atomic mass is 9.99. The molecule has 22 heavy (non-hydrogen) atoms. The van der Waals surface area contributed by atoms with Crippen LogP contribution in [0.15, 0.2) is 26.8 Å². The number of thiophene rings is 1. The summed E-state index contributed by atoms with van der Waals surface area (Å²) in [7, 11) is -3.19. The van der Waals surface area contributed by atoms with Crippen molar-refractivity contribution in [2.75, 3.05) is 6.26 Å². The van der Waals surface area contributed by atoms with Crippen LogP contribution in [-0.2, 0) is 29.2 Å². The zero-order valence-corrected chi connectivity index (χ0v) is 13.9. The van der Waals surface area contributed by atoms with Crippen molar-refractivity contribution in [2.24, 2.45) is 0 Å². The first-order valence-electron chi connectivity index (χ1n) is 7.12. The molecule has 2 aromatic heterocycles. The number of amides is 1. The van der Waals surface area contributed by atoms with Gasteiger partial charge in [0.15, 0.2) is 15.6 Å². The molecule has 0 aromatic carbocycles. The molecule has 0 spiro atoms. The van der Waals surface area contributed by atoms with Crippen LogP contribution in [0.25, 0.3) is 0 Å². The van der Waals surface area contributed by atoms with Gasteiger partial charge in [0.05, 0.1) is 6.54 Å². The molecule has 0 atom stereocenters. The maximum atomic E-state index is 12.1. The average Bonchev–Trinajstić information content (AvgIpc) is 3.10. The van der Waals surface area contributed by atoms with E-state index in [1.54, 1.807) is 12.1 Å². The van der Waals surface area contributed by atoms with Crippen LogP contribution in [0, 0.1) is 0 Å². The van der Waals surface area contributed by atoms with Crippen LogP contribution < -0.4 is 5.32 Å². The van der Waals surface area contributed by atoms with Crippen molar-refractivity contribution in [2.45, 2.75) is 36.4 Å². The normalized spacial score (nSPS) is 14.6. The van der Waals surface area contributed by atoms with Gasteiger partial charge >= 0.3 is 0 Å². The molecule has 1 aliphatic rings. The van der Waals surface area contributed by atoms with E-state index in [-0.39, 0.29) is 5.91 Å². The van der Waals surface area contributed by atoms with Crippen molar-refractivity contribution in [1.29, 1.82) is 0 Å². The Balaban J connectivity index is 1.65. The molecule has 2 heterocycles. The lowest BCUT2D eigenvalue weighted by Crippen LogP contribution is -2.21. The van der Waals surface area contributed by atoms with Gasteiger partial charge in [-0.3, -0.25) is 4.79 Å². The van der Waals surface area contributed by atoms with E-state index < -0.39 is 9.84 Å². The Kier molecular flexibility index (Phi) is 4.10. The molecule has 5 nitrogen and oxygen atoms in total. The second kappa shape index (κ2) is 5.89. The molecule has 0 aliphatic heterocycles. The predicted molar refractivity (Wildman–Crippen MR) is 83.9 cm³/mol. The Morgan fingerprint density at radius 1 is 1.32 bits per heavy atom. The molecule has 0 unspecified atom stereocenters. The number of furan rings is 1. The Labute approximate surface area is 133 Å². The number of nitrogens with one attached hydrogen (secondary N) is 1. The number of hydrogen-bond acceptors (Lipinski definition) is 5. The van der Waals surface area contributed by atoms with Gasteiger partial charge in [0.25, 0.3) is 5.91 Å². The fraction of sp³-hybridized carbons (Fsp3) is 0.400. The van der Waals surface area contributed by atoms with E-state index in [9.17, 15) is 13.2 Å². The fourth-order valence-corrected chi connectivity index (χ4v) is 4.43. The molecule has 3 rings (SSSR count).